The third-order valence-electron chi connectivity index (χ3n) is 1.81. The van der Waals surface area contributed by atoms with Crippen molar-refractivity contribution in [2.75, 3.05) is 6.61 Å². The average Bonchev–Trinajstić information content (AvgIpc) is 2.10. The van der Waals surface area contributed by atoms with Crippen LogP contribution in [0, 0.1) is 0 Å². The Balaban J connectivity index is 2.94. The molecule has 0 aliphatic heterocycles. The van der Waals surface area contributed by atoms with Crippen molar-refractivity contribution in [1.29, 1.82) is 0 Å². The van der Waals surface area contributed by atoms with Gasteiger partial charge in [0.05, 0.1) is 0 Å². The molecule has 0 amide bonds. The van der Waals surface area contributed by atoms with Crippen LogP contribution in [0.5, 0.6) is 0 Å². The van der Waals surface area contributed by atoms with Crippen molar-refractivity contribution < 1.29 is 27.0 Å². The second-order valence-electron chi connectivity index (χ2n) is 2.99. The summed E-state index contributed by atoms with van der Waals surface area (Å²) < 4.78 is 58.8. The van der Waals surface area contributed by atoms with Crippen LogP contribution in [0.15, 0.2) is 22.7 Å². The van der Waals surface area contributed by atoms with Gasteiger partial charge in [-0.15, -0.1) is 13.2 Å². The molecule has 1 aliphatic rings. The topological polar surface area (TPSA) is 18.5 Å². The summed E-state index contributed by atoms with van der Waals surface area (Å²) in [4.78, 5) is 0. The number of ether oxygens (including phenoxy) is 2. The summed E-state index contributed by atoms with van der Waals surface area (Å²) in [5, 5.41) is 0. The number of alkyl halides is 4. The maximum atomic E-state index is 13.6. The SMILES string of the molecule is CCOC1(OC(F)(F)F)C=CC(Br)=CC1F. The monoisotopic (exact) mass is 304 g/mol. The second-order valence-corrected chi connectivity index (χ2v) is 3.90. The Kier molecular flexibility index (Phi) is 4.14. The Labute approximate surface area is 98.0 Å². The predicted molar refractivity (Wildman–Crippen MR) is 52.5 cm³/mol. The van der Waals surface area contributed by atoms with Crippen LogP contribution >= 0.6 is 15.9 Å². The smallest absolute Gasteiger partial charge is 0.344 e. The fraction of sp³-hybridized carbons (Fsp3) is 0.556. The van der Waals surface area contributed by atoms with E-state index in [1.165, 1.54) is 13.0 Å². The Morgan fingerprint density at radius 2 is 2.12 bits per heavy atom. The van der Waals surface area contributed by atoms with E-state index < -0.39 is 18.3 Å². The van der Waals surface area contributed by atoms with Crippen molar-refractivity contribution in [2.24, 2.45) is 0 Å². The van der Waals surface area contributed by atoms with Gasteiger partial charge in [0.15, 0.2) is 6.17 Å². The quantitative estimate of drug-likeness (QED) is 0.587. The van der Waals surface area contributed by atoms with Crippen LogP contribution in [0.4, 0.5) is 17.6 Å². The largest absolute Gasteiger partial charge is 0.525 e. The van der Waals surface area contributed by atoms with Gasteiger partial charge in [-0.25, -0.2) is 4.39 Å². The molecule has 0 N–H and O–H groups in total. The Hall–Kier alpha value is -0.400. The number of rotatable bonds is 3. The summed E-state index contributed by atoms with van der Waals surface area (Å²) >= 11 is 2.95. The van der Waals surface area contributed by atoms with E-state index in [2.05, 4.69) is 20.7 Å². The first-order chi connectivity index (χ1) is 7.29. The van der Waals surface area contributed by atoms with Crippen LogP contribution < -0.4 is 0 Å². The molecule has 0 fully saturated rings. The third kappa shape index (κ3) is 3.29. The maximum Gasteiger partial charge on any atom is 0.525 e. The van der Waals surface area contributed by atoms with Gasteiger partial charge in [0.1, 0.15) is 0 Å². The molecule has 1 rings (SSSR count). The molecule has 0 aromatic carbocycles. The van der Waals surface area contributed by atoms with Crippen molar-refractivity contribution in [3.8, 4) is 0 Å². The Morgan fingerprint density at radius 1 is 1.50 bits per heavy atom. The van der Waals surface area contributed by atoms with E-state index in [0.29, 0.717) is 4.48 Å². The minimum absolute atomic E-state index is 0.105. The molecule has 2 unspecified atom stereocenters. The van der Waals surface area contributed by atoms with Crippen LogP contribution in [0.1, 0.15) is 6.92 Å². The van der Waals surface area contributed by atoms with Crippen LogP contribution in [0.2, 0.25) is 0 Å². The number of allylic oxidation sites excluding steroid dienone is 2. The van der Waals surface area contributed by atoms with Gasteiger partial charge in [0.25, 0.3) is 0 Å². The molecule has 0 bridgehead atoms. The fourth-order valence-corrected chi connectivity index (χ4v) is 1.62. The minimum Gasteiger partial charge on any atom is -0.344 e. The molecule has 7 heteroatoms. The van der Waals surface area contributed by atoms with Crippen LogP contribution in [0.25, 0.3) is 0 Å². The highest BCUT2D eigenvalue weighted by molar-refractivity contribution is 9.11. The molecule has 2 atom stereocenters. The van der Waals surface area contributed by atoms with E-state index in [-0.39, 0.29) is 6.61 Å². The first-order valence-electron chi connectivity index (χ1n) is 4.40. The van der Waals surface area contributed by atoms with E-state index >= 15 is 0 Å². The van der Waals surface area contributed by atoms with Gasteiger partial charge in [-0.1, -0.05) is 15.9 Å². The van der Waals surface area contributed by atoms with Gasteiger partial charge >= 0.3 is 6.36 Å². The van der Waals surface area contributed by atoms with E-state index in [1.807, 2.05) is 0 Å². The minimum atomic E-state index is -4.97. The van der Waals surface area contributed by atoms with Crippen LogP contribution in [-0.2, 0) is 9.47 Å². The molecule has 0 aromatic rings. The molecule has 1 aliphatic carbocycles. The molecule has 0 saturated carbocycles. The molecule has 0 aromatic heterocycles. The lowest BCUT2D eigenvalue weighted by atomic mass is 10.1. The van der Waals surface area contributed by atoms with Crippen LogP contribution in [-0.4, -0.2) is 24.9 Å². The lowest BCUT2D eigenvalue weighted by Gasteiger charge is -2.34. The molecule has 92 valence electrons. The lowest BCUT2D eigenvalue weighted by molar-refractivity contribution is -0.411. The number of halogens is 5. The van der Waals surface area contributed by atoms with Gasteiger partial charge in [-0.05, 0) is 25.2 Å². The zero-order valence-electron chi connectivity index (χ0n) is 8.22. The third-order valence-corrected chi connectivity index (χ3v) is 2.34. The molecule has 0 radical (unpaired) electrons. The van der Waals surface area contributed by atoms with E-state index in [4.69, 9.17) is 4.74 Å². The average molecular weight is 305 g/mol. The first-order valence-corrected chi connectivity index (χ1v) is 5.20. The highest BCUT2D eigenvalue weighted by Gasteiger charge is 2.49. The number of hydrogen-bond acceptors (Lipinski definition) is 2. The summed E-state index contributed by atoms with van der Waals surface area (Å²) in [6.45, 7) is 1.35. The summed E-state index contributed by atoms with van der Waals surface area (Å²) in [6, 6.07) is 0. The molecule has 16 heavy (non-hydrogen) atoms. The summed E-state index contributed by atoms with van der Waals surface area (Å²) in [5.41, 5.74) is 0. The van der Waals surface area contributed by atoms with Crippen molar-refractivity contribution in [1.82, 2.24) is 0 Å². The highest BCUT2D eigenvalue weighted by Crippen LogP contribution is 2.36. The van der Waals surface area contributed by atoms with Crippen molar-refractivity contribution >= 4 is 15.9 Å². The molecular formula is C9H9BrF4O2. The van der Waals surface area contributed by atoms with Gasteiger partial charge < -0.3 is 4.74 Å². The summed E-state index contributed by atoms with van der Waals surface area (Å²) in [7, 11) is 0. The number of hydrogen-bond donors (Lipinski definition) is 0. The molecule has 0 saturated heterocycles. The zero-order chi connectivity index (χ0) is 12.4. The fourth-order valence-electron chi connectivity index (χ4n) is 1.25. The maximum absolute atomic E-state index is 13.6. The standard InChI is InChI=1S/C9H9BrF4O2/c1-2-15-8(16-9(12,13)14)4-3-6(10)5-7(8)11/h3-5,7H,2H2,1H3. The summed E-state index contributed by atoms with van der Waals surface area (Å²) in [6.07, 6.45) is -3.91. The Bertz CT molecular complexity index is 313. The Morgan fingerprint density at radius 3 is 2.56 bits per heavy atom. The van der Waals surface area contributed by atoms with E-state index in [9.17, 15) is 17.6 Å². The summed E-state index contributed by atoms with van der Waals surface area (Å²) in [5.74, 6) is -2.43. The molecule has 0 heterocycles. The zero-order valence-corrected chi connectivity index (χ0v) is 9.81. The van der Waals surface area contributed by atoms with E-state index in [0.717, 1.165) is 12.2 Å². The predicted octanol–water partition coefficient (Wildman–Crippen LogP) is 3.44. The van der Waals surface area contributed by atoms with Gasteiger partial charge in [-0.2, -0.15) is 0 Å². The highest BCUT2D eigenvalue weighted by atomic mass is 79.9. The van der Waals surface area contributed by atoms with Crippen LogP contribution in [0.3, 0.4) is 0 Å². The van der Waals surface area contributed by atoms with Gasteiger partial charge in [0.2, 0.25) is 5.79 Å². The normalized spacial score (nSPS) is 30.4. The lowest BCUT2D eigenvalue weighted by Crippen LogP contribution is -2.47. The van der Waals surface area contributed by atoms with Crippen molar-refractivity contribution in [3.63, 3.8) is 0 Å². The van der Waals surface area contributed by atoms with Gasteiger partial charge in [0, 0.05) is 11.1 Å². The molecule has 2 nitrogen and oxygen atoms in total. The second kappa shape index (κ2) is 4.85. The van der Waals surface area contributed by atoms with E-state index in [1.54, 1.807) is 0 Å². The molecule has 0 spiro atoms. The van der Waals surface area contributed by atoms with Crippen molar-refractivity contribution in [2.45, 2.75) is 25.2 Å². The van der Waals surface area contributed by atoms with Gasteiger partial charge in [-0.3, -0.25) is 4.74 Å². The first kappa shape index (κ1) is 13.7. The molecular weight excluding hydrogens is 296 g/mol. The van der Waals surface area contributed by atoms with Crippen molar-refractivity contribution in [3.05, 3.63) is 22.7 Å².